The Balaban J connectivity index is 1.43. The molecule has 0 saturated carbocycles. The summed E-state index contributed by atoms with van der Waals surface area (Å²) < 4.78 is 262. The lowest BCUT2D eigenvalue weighted by Gasteiger charge is -2.35. The van der Waals surface area contributed by atoms with Crippen molar-refractivity contribution < 1.29 is 42.8 Å². The predicted molar refractivity (Wildman–Crippen MR) is 206 cm³/mol. The lowest BCUT2D eigenvalue weighted by Crippen LogP contribution is -2.20. The Kier molecular flexibility index (Phi) is 2.38. The van der Waals surface area contributed by atoms with Crippen molar-refractivity contribution in [2.75, 3.05) is 0 Å². The molecule has 1 nitrogen and oxygen atoms in total. The molecule has 0 amide bonds. The average molecular weight is 651 g/mol. The summed E-state index contributed by atoms with van der Waals surface area (Å²) in [6.45, 7) is 0. The Morgan fingerprint density at radius 2 is 1.14 bits per heavy atom. The molecule has 11 rings (SSSR count). The number of hydrogen-bond donors (Lipinski definition) is 0. The SMILES string of the molecule is [2H]C1=C([2H])C2C([2H])=C(c3c4c([2H])c([2H])c([2H])c([2H])c4c(-c4c([2H])c([2H])c5oc6c([2H])c([2H])c7c([2H])c([2H])c([2H])c([2H])c7c6c5c4[2H])c4c([2H])c([2H])c([2H])c([2H])c34)c3c([2H])c([2H])c([2H])c([2H])c3C2c2c([2H])c([2H])c([2H])c([2H])c21. The summed E-state index contributed by atoms with van der Waals surface area (Å²) in [4.78, 5) is 0. The highest BCUT2D eigenvalue weighted by Gasteiger charge is 2.34. The summed E-state index contributed by atoms with van der Waals surface area (Å²) in [5.41, 5.74) is -6.15. The summed E-state index contributed by atoms with van der Waals surface area (Å²) in [5, 5.41) is -4.81. The van der Waals surface area contributed by atoms with Crippen molar-refractivity contribution in [3.63, 3.8) is 0 Å². The smallest absolute Gasteiger partial charge is 0.136 e. The van der Waals surface area contributed by atoms with Crippen LogP contribution in [-0.4, -0.2) is 0 Å². The van der Waals surface area contributed by atoms with Crippen molar-refractivity contribution in [2.45, 2.75) is 5.92 Å². The van der Waals surface area contributed by atoms with E-state index >= 15 is 0 Å². The van der Waals surface area contributed by atoms with Crippen molar-refractivity contribution in [3.05, 3.63) is 191 Å². The van der Waals surface area contributed by atoms with Crippen LogP contribution in [0.5, 0.6) is 0 Å². The van der Waals surface area contributed by atoms with Gasteiger partial charge in [-0.25, -0.2) is 0 Å². The number of hydrogen-bond acceptors (Lipinski definition) is 1. The highest BCUT2D eigenvalue weighted by Crippen LogP contribution is 2.51. The zero-order valence-corrected chi connectivity index (χ0v) is 24.6. The quantitative estimate of drug-likeness (QED) is 0.170. The van der Waals surface area contributed by atoms with Crippen LogP contribution in [0.1, 0.15) is 72.1 Å². The fraction of sp³-hybridized carbons (Fsp3) is 0.0417. The van der Waals surface area contributed by atoms with Crippen molar-refractivity contribution in [2.24, 2.45) is 5.92 Å². The Hall–Kier alpha value is -6.18. The minimum Gasteiger partial charge on any atom is -0.456 e. The highest BCUT2D eigenvalue weighted by atomic mass is 16.3. The van der Waals surface area contributed by atoms with Crippen molar-refractivity contribution in [3.8, 4) is 11.1 Å². The molecule has 1 aromatic heterocycles. The zero-order valence-electron chi connectivity index (χ0n) is 52.6. The Morgan fingerprint density at radius 3 is 1.94 bits per heavy atom. The zero-order chi connectivity index (χ0) is 56.4. The average Bonchev–Trinajstić information content (AvgIpc) is 4.01. The monoisotopic (exact) mass is 650 g/mol. The van der Waals surface area contributed by atoms with E-state index in [2.05, 4.69) is 0 Å². The molecule has 2 aliphatic rings. The van der Waals surface area contributed by atoms with E-state index in [0.717, 1.165) is 0 Å². The number of rotatable bonds is 2. The van der Waals surface area contributed by atoms with Crippen LogP contribution < -0.4 is 0 Å². The molecule has 2 unspecified atom stereocenters. The van der Waals surface area contributed by atoms with Crippen LogP contribution in [0.4, 0.5) is 0 Å². The van der Waals surface area contributed by atoms with Crippen LogP contribution in [-0.2, 0) is 0 Å². The van der Waals surface area contributed by atoms with E-state index in [1.165, 1.54) is 0 Å². The van der Waals surface area contributed by atoms with E-state index < -0.39 is 280 Å². The standard InChI is InChI=1S/C48H30O/c1-3-13-33-29(11-1)21-22-31-27-41(35-15-5-6-16-36(35)45(31)33)47-39-19-9-7-17-37(39)46(38-18-8-10-20-40(38)47)32-24-25-43-42(28-32)48-34-14-4-2-12-30(34)23-26-44(48)49-43/h1-28,31,45H/i1D,2D,3D,4D,5D,6D,7D,8D,9D,10D,11D,12D,13D,14D,15D,16D,17D,18D,19D,20D,21D,22D,23D,24D,25D,26D,27D,28D. The number of fused-ring (bicyclic) bond motifs is 12. The molecular weight excluding hydrogens is 593 g/mol. The Morgan fingerprint density at radius 1 is 0.510 bits per heavy atom. The van der Waals surface area contributed by atoms with Gasteiger partial charge in [-0.3, -0.25) is 0 Å². The van der Waals surface area contributed by atoms with E-state index in [1.54, 1.807) is 0 Å². The van der Waals surface area contributed by atoms with Gasteiger partial charge in [-0.05, 0) is 95.0 Å². The molecular formula is C48H30O. The van der Waals surface area contributed by atoms with Crippen molar-refractivity contribution in [1.29, 1.82) is 0 Å². The minimum absolute atomic E-state index is 0.407. The molecule has 0 spiro atoms. The maximum atomic E-state index is 10.1. The topological polar surface area (TPSA) is 13.1 Å². The fourth-order valence-electron chi connectivity index (χ4n) is 6.87. The maximum Gasteiger partial charge on any atom is 0.136 e. The van der Waals surface area contributed by atoms with Gasteiger partial charge in [0.15, 0.2) is 0 Å². The van der Waals surface area contributed by atoms with E-state index in [4.69, 9.17) is 27.7 Å². The summed E-state index contributed by atoms with van der Waals surface area (Å²) >= 11 is 0. The molecule has 8 aromatic carbocycles. The van der Waals surface area contributed by atoms with Gasteiger partial charge in [-0.2, -0.15) is 0 Å². The van der Waals surface area contributed by atoms with Crippen LogP contribution >= 0.6 is 0 Å². The Labute approximate surface area is 323 Å². The van der Waals surface area contributed by atoms with Gasteiger partial charge in [-0.1, -0.05) is 151 Å². The van der Waals surface area contributed by atoms with Gasteiger partial charge in [0.05, 0.1) is 38.4 Å². The van der Waals surface area contributed by atoms with Gasteiger partial charge in [-0.15, -0.1) is 0 Å². The third-order valence-corrected chi connectivity index (χ3v) is 8.86. The largest absolute Gasteiger partial charge is 0.456 e. The van der Waals surface area contributed by atoms with E-state index in [-0.39, 0.29) is 0 Å². The second kappa shape index (κ2) is 10.2. The van der Waals surface area contributed by atoms with Gasteiger partial charge in [0.25, 0.3) is 0 Å². The molecule has 0 bridgehead atoms. The van der Waals surface area contributed by atoms with Gasteiger partial charge >= 0.3 is 0 Å². The number of allylic oxidation sites excluding steroid dienone is 2. The molecule has 2 atom stereocenters. The molecule has 228 valence electrons. The molecule has 9 aromatic rings. The number of benzene rings is 8. The highest BCUT2D eigenvalue weighted by molar-refractivity contribution is 6.23. The molecule has 0 N–H and O–H groups in total. The van der Waals surface area contributed by atoms with E-state index in [1.807, 2.05) is 0 Å². The fourth-order valence-corrected chi connectivity index (χ4v) is 6.87. The molecule has 2 aliphatic carbocycles. The molecule has 0 saturated heterocycles. The first kappa shape index (κ1) is 11.5. The van der Waals surface area contributed by atoms with Gasteiger partial charge < -0.3 is 4.42 Å². The molecule has 1 heteroatoms. The first-order chi connectivity index (χ1) is 36.0. The maximum absolute atomic E-state index is 10.1. The Bertz CT molecular complexity index is 4410. The van der Waals surface area contributed by atoms with E-state index in [9.17, 15) is 15.1 Å². The molecule has 1 heterocycles. The van der Waals surface area contributed by atoms with Crippen LogP contribution in [0.3, 0.4) is 0 Å². The molecule has 0 aliphatic heterocycles. The van der Waals surface area contributed by atoms with Crippen molar-refractivity contribution >= 4 is 65.9 Å². The molecule has 49 heavy (non-hydrogen) atoms. The van der Waals surface area contributed by atoms with Gasteiger partial charge in [0, 0.05) is 22.6 Å². The first-order valence-electron chi connectivity index (χ1n) is 28.9. The second-order valence-electron chi connectivity index (χ2n) is 11.3. The lowest BCUT2D eigenvalue weighted by atomic mass is 9.68. The normalized spacial score (nSPS) is 25.2. The van der Waals surface area contributed by atoms with Gasteiger partial charge in [0.1, 0.15) is 11.2 Å². The van der Waals surface area contributed by atoms with Crippen LogP contribution in [0, 0.1) is 5.92 Å². The predicted octanol–water partition coefficient (Wildman–Crippen LogP) is 12.9. The second-order valence-corrected chi connectivity index (χ2v) is 11.3. The van der Waals surface area contributed by atoms with Crippen LogP contribution in [0.15, 0.2) is 168 Å². The summed E-state index contributed by atoms with van der Waals surface area (Å²) in [5.74, 6) is -3.64. The first-order valence-corrected chi connectivity index (χ1v) is 14.9. The van der Waals surface area contributed by atoms with Crippen molar-refractivity contribution in [1.82, 2.24) is 0 Å². The molecule has 0 radical (unpaired) electrons. The minimum atomic E-state index is -1.89. The van der Waals surface area contributed by atoms with Crippen LogP contribution in [0.25, 0.3) is 77.0 Å². The summed E-state index contributed by atoms with van der Waals surface area (Å²) in [6, 6.07) is -24.6. The number of furan rings is 1. The van der Waals surface area contributed by atoms with E-state index in [0.29, 0.717) is 0 Å². The van der Waals surface area contributed by atoms with Gasteiger partial charge in [0.2, 0.25) is 0 Å². The summed E-state index contributed by atoms with van der Waals surface area (Å²) in [6.07, 6.45) is 0. The molecule has 0 fully saturated rings. The third kappa shape index (κ3) is 3.82. The van der Waals surface area contributed by atoms with Crippen LogP contribution in [0.2, 0.25) is 0 Å². The summed E-state index contributed by atoms with van der Waals surface area (Å²) in [7, 11) is 0. The lowest BCUT2D eigenvalue weighted by molar-refractivity contribution is 0.668. The third-order valence-electron chi connectivity index (χ3n) is 8.86.